The van der Waals surface area contributed by atoms with Crippen molar-refractivity contribution in [3.63, 3.8) is 0 Å². The van der Waals surface area contributed by atoms with Gasteiger partial charge in [0.25, 0.3) is 0 Å². The minimum atomic E-state index is -0.991. The molecule has 20 heavy (non-hydrogen) atoms. The number of aliphatic carboxylic acids is 1. The maximum atomic E-state index is 10.9. The fourth-order valence-corrected chi connectivity index (χ4v) is 2.07. The van der Waals surface area contributed by atoms with E-state index in [1.807, 2.05) is 48.5 Å². The number of benzene rings is 2. The molecule has 2 rings (SSSR count). The second-order valence-electron chi connectivity index (χ2n) is 4.53. The zero-order chi connectivity index (χ0) is 14.5. The van der Waals surface area contributed by atoms with E-state index in [2.05, 4.69) is 0 Å². The molecule has 1 atom stereocenters. The molecule has 2 aromatic carbocycles. The average molecular weight is 271 g/mol. The van der Waals surface area contributed by atoms with Crippen LogP contribution < -0.4 is 10.5 Å². The van der Waals surface area contributed by atoms with Gasteiger partial charge in [0.15, 0.2) is 0 Å². The van der Waals surface area contributed by atoms with E-state index in [4.69, 9.17) is 15.6 Å². The van der Waals surface area contributed by atoms with Crippen LogP contribution in [0.1, 0.15) is 5.56 Å². The van der Waals surface area contributed by atoms with Gasteiger partial charge in [-0.15, -0.1) is 0 Å². The van der Waals surface area contributed by atoms with Crippen LogP contribution in [0.25, 0.3) is 11.1 Å². The molecule has 0 aliphatic rings. The van der Waals surface area contributed by atoms with E-state index in [-0.39, 0.29) is 0 Å². The Hall–Kier alpha value is -2.33. The van der Waals surface area contributed by atoms with Crippen molar-refractivity contribution < 1.29 is 14.6 Å². The van der Waals surface area contributed by atoms with E-state index < -0.39 is 12.0 Å². The Balaban J connectivity index is 2.33. The van der Waals surface area contributed by atoms with Gasteiger partial charge < -0.3 is 15.6 Å². The van der Waals surface area contributed by atoms with E-state index in [1.54, 1.807) is 7.11 Å². The van der Waals surface area contributed by atoms with Crippen LogP contribution in [0.2, 0.25) is 0 Å². The quantitative estimate of drug-likeness (QED) is 0.875. The van der Waals surface area contributed by atoms with Gasteiger partial charge in [0.05, 0.1) is 7.11 Å². The second kappa shape index (κ2) is 6.21. The number of carboxylic acid groups (broad SMARTS) is 1. The summed E-state index contributed by atoms with van der Waals surface area (Å²) in [6.45, 7) is 0. The third-order valence-electron chi connectivity index (χ3n) is 3.18. The molecule has 0 saturated heterocycles. The molecule has 104 valence electrons. The Morgan fingerprint density at radius 2 is 1.85 bits per heavy atom. The Morgan fingerprint density at radius 3 is 2.45 bits per heavy atom. The predicted molar refractivity (Wildman–Crippen MR) is 77.7 cm³/mol. The molecule has 0 spiro atoms. The molecule has 0 aliphatic carbocycles. The smallest absolute Gasteiger partial charge is 0.320 e. The van der Waals surface area contributed by atoms with Crippen LogP contribution in [-0.4, -0.2) is 24.2 Å². The number of ether oxygens (including phenoxy) is 1. The summed E-state index contributed by atoms with van der Waals surface area (Å²) in [6.07, 6.45) is 0.303. The number of nitrogens with two attached hydrogens (primary N) is 1. The van der Waals surface area contributed by atoms with Crippen LogP contribution in [0.5, 0.6) is 5.75 Å². The van der Waals surface area contributed by atoms with Crippen molar-refractivity contribution in [1.29, 1.82) is 0 Å². The van der Waals surface area contributed by atoms with Crippen molar-refractivity contribution >= 4 is 5.97 Å². The minimum Gasteiger partial charge on any atom is -0.497 e. The van der Waals surface area contributed by atoms with Gasteiger partial charge in [-0.05, 0) is 35.2 Å². The van der Waals surface area contributed by atoms with E-state index in [1.165, 1.54) is 0 Å². The molecular weight excluding hydrogens is 254 g/mol. The maximum Gasteiger partial charge on any atom is 0.320 e. The SMILES string of the molecule is COc1ccc(-c2ccccc2C[C@H](N)C(=O)O)cc1. The number of rotatable bonds is 5. The molecule has 0 aromatic heterocycles. The number of carbonyl (C=O) groups is 1. The van der Waals surface area contributed by atoms with Gasteiger partial charge in [-0.3, -0.25) is 4.79 Å². The summed E-state index contributed by atoms with van der Waals surface area (Å²) >= 11 is 0. The fraction of sp³-hybridized carbons (Fsp3) is 0.188. The molecule has 0 amide bonds. The zero-order valence-corrected chi connectivity index (χ0v) is 11.2. The molecule has 0 unspecified atom stereocenters. The highest BCUT2D eigenvalue weighted by Gasteiger charge is 2.14. The lowest BCUT2D eigenvalue weighted by Crippen LogP contribution is -2.32. The summed E-state index contributed by atoms with van der Waals surface area (Å²) in [7, 11) is 1.62. The molecule has 0 heterocycles. The molecule has 0 saturated carbocycles. The molecular formula is C16H17NO3. The topological polar surface area (TPSA) is 72.5 Å². The van der Waals surface area contributed by atoms with E-state index in [9.17, 15) is 4.79 Å². The average Bonchev–Trinajstić information content (AvgIpc) is 2.48. The standard InChI is InChI=1S/C16H17NO3/c1-20-13-8-6-11(7-9-13)14-5-3-2-4-12(14)10-15(17)16(18)19/h2-9,15H,10,17H2,1H3,(H,18,19)/t15-/m0/s1. The first-order valence-corrected chi connectivity index (χ1v) is 6.32. The second-order valence-corrected chi connectivity index (χ2v) is 4.53. The van der Waals surface area contributed by atoms with E-state index in [0.29, 0.717) is 6.42 Å². The minimum absolute atomic E-state index is 0.303. The van der Waals surface area contributed by atoms with Gasteiger partial charge in [-0.25, -0.2) is 0 Å². The zero-order valence-electron chi connectivity index (χ0n) is 11.2. The van der Waals surface area contributed by atoms with Crippen molar-refractivity contribution in [1.82, 2.24) is 0 Å². The van der Waals surface area contributed by atoms with Crippen LogP contribution in [0.4, 0.5) is 0 Å². The van der Waals surface area contributed by atoms with Crippen LogP contribution in [0.15, 0.2) is 48.5 Å². The monoisotopic (exact) mass is 271 g/mol. The number of carboxylic acids is 1. The van der Waals surface area contributed by atoms with Gasteiger partial charge in [0.1, 0.15) is 11.8 Å². The predicted octanol–water partition coefficient (Wildman–Crippen LogP) is 2.32. The highest BCUT2D eigenvalue weighted by molar-refractivity contribution is 5.75. The molecule has 0 fully saturated rings. The highest BCUT2D eigenvalue weighted by Crippen LogP contribution is 2.26. The first-order valence-electron chi connectivity index (χ1n) is 6.32. The van der Waals surface area contributed by atoms with Gasteiger partial charge in [-0.2, -0.15) is 0 Å². The third kappa shape index (κ3) is 3.16. The van der Waals surface area contributed by atoms with E-state index >= 15 is 0 Å². The van der Waals surface area contributed by atoms with Gasteiger partial charge in [-0.1, -0.05) is 36.4 Å². The molecule has 3 N–H and O–H groups in total. The number of hydrogen-bond donors (Lipinski definition) is 2. The normalized spacial score (nSPS) is 11.9. The van der Waals surface area contributed by atoms with Crippen LogP contribution in [0, 0.1) is 0 Å². The van der Waals surface area contributed by atoms with Crippen LogP contribution in [0.3, 0.4) is 0 Å². The number of methoxy groups -OCH3 is 1. The lowest BCUT2D eigenvalue weighted by Gasteiger charge is -2.12. The first-order chi connectivity index (χ1) is 9.61. The van der Waals surface area contributed by atoms with Crippen molar-refractivity contribution in [2.75, 3.05) is 7.11 Å². The Kier molecular flexibility index (Phi) is 4.38. The Bertz CT molecular complexity index is 593. The summed E-state index contributed by atoms with van der Waals surface area (Å²) in [5, 5.41) is 8.93. The van der Waals surface area contributed by atoms with Crippen molar-refractivity contribution in [2.45, 2.75) is 12.5 Å². The molecule has 0 radical (unpaired) electrons. The van der Waals surface area contributed by atoms with Gasteiger partial charge in [0.2, 0.25) is 0 Å². The summed E-state index contributed by atoms with van der Waals surface area (Å²) in [5.41, 5.74) is 8.55. The molecule has 0 aliphatic heterocycles. The molecule has 2 aromatic rings. The lowest BCUT2D eigenvalue weighted by molar-refractivity contribution is -0.138. The lowest BCUT2D eigenvalue weighted by atomic mass is 9.95. The molecule has 4 heteroatoms. The van der Waals surface area contributed by atoms with Crippen molar-refractivity contribution in [2.24, 2.45) is 5.73 Å². The molecule has 4 nitrogen and oxygen atoms in total. The fourth-order valence-electron chi connectivity index (χ4n) is 2.07. The van der Waals surface area contributed by atoms with Crippen molar-refractivity contribution in [3.05, 3.63) is 54.1 Å². The van der Waals surface area contributed by atoms with Crippen LogP contribution >= 0.6 is 0 Å². The summed E-state index contributed by atoms with van der Waals surface area (Å²) in [4.78, 5) is 10.9. The third-order valence-corrected chi connectivity index (χ3v) is 3.18. The van der Waals surface area contributed by atoms with Gasteiger partial charge >= 0.3 is 5.97 Å². The Morgan fingerprint density at radius 1 is 1.20 bits per heavy atom. The van der Waals surface area contributed by atoms with Crippen LogP contribution in [-0.2, 0) is 11.2 Å². The first kappa shape index (κ1) is 14.1. The largest absolute Gasteiger partial charge is 0.497 e. The maximum absolute atomic E-state index is 10.9. The summed E-state index contributed by atoms with van der Waals surface area (Å²) < 4.78 is 5.13. The van der Waals surface area contributed by atoms with Crippen molar-refractivity contribution in [3.8, 4) is 16.9 Å². The van der Waals surface area contributed by atoms with Gasteiger partial charge in [0, 0.05) is 0 Å². The summed E-state index contributed by atoms with van der Waals surface area (Å²) in [5.74, 6) is -0.206. The molecule has 0 bridgehead atoms. The Labute approximate surface area is 117 Å². The highest BCUT2D eigenvalue weighted by atomic mass is 16.5. The van der Waals surface area contributed by atoms with E-state index in [0.717, 1.165) is 22.4 Å². The number of hydrogen-bond acceptors (Lipinski definition) is 3. The summed E-state index contributed by atoms with van der Waals surface area (Å²) in [6, 6.07) is 14.4.